The number of nitrogens with one attached hydrogen (secondary N) is 2. The van der Waals surface area contributed by atoms with Crippen LogP contribution in [-0.4, -0.2) is 26.1 Å². The van der Waals surface area contributed by atoms with Crippen LogP contribution in [0.15, 0.2) is 24.3 Å². The lowest BCUT2D eigenvalue weighted by Crippen LogP contribution is -2.35. The minimum Gasteiger partial charge on any atom is -0.497 e. The molecule has 0 bridgehead atoms. The molecule has 1 heterocycles. The Morgan fingerprint density at radius 1 is 1.37 bits per heavy atom. The molecule has 4 nitrogen and oxygen atoms in total. The molecule has 1 aliphatic rings. The summed E-state index contributed by atoms with van der Waals surface area (Å²) < 4.78 is 5.13. The number of benzene rings is 1. The summed E-state index contributed by atoms with van der Waals surface area (Å²) in [7, 11) is 1.65. The molecule has 3 atom stereocenters. The molecular weight excluding hydrogens is 240 g/mol. The standard InChI is InChI=1S/C15H22N2O2/c1-10-8-16-9-14(10)15(18)17-11(2)12-4-6-13(19-3)7-5-12/h4-7,10-11,14,16H,8-9H2,1-3H3,(H,17,18)/t10?,11-,14?/m0/s1. The van der Waals surface area contributed by atoms with Crippen molar-refractivity contribution in [3.05, 3.63) is 29.8 Å². The monoisotopic (exact) mass is 262 g/mol. The first-order chi connectivity index (χ1) is 9.11. The maximum Gasteiger partial charge on any atom is 0.225 e. The maximum atomic E-state index is 12.2. The first kappa shape index (κ1) is 13.9. The Morgan fingerprint density at radius 2 is 2.05 bits per heavy atom. The van der Waals surface area contributed by atoms with Gasteiger partial charge in [0.25, 0.3) is 0 Å². The van der Waals surface area contributed by atoms with Crippen LogP contribution in [0.1, 0.15) is 25.5 Å². The van der Waals surface area contributed by atoms with Crippen molar-refractivity contribution >= 4 is 5.91 Å². The molecule has 1 amide bonds. The molecule has 2 unspecified atom stereocenters. The van der Waals surface area contributed by atoms with Gasteiger partial charge in [0, 0.05) is 6.54 Å². The summed E-state index contributed by atoms with van der Waals surface area (Å²) in [5, 5.41) is 6.34. The lowest BCUT2D eigenvalue weighted by molar-refractivity contribution is -0.126. The summed E-state index contributed by atoms with van der Waals surface area (Å²) in [5.41, 5.74) is 1.09. The van der Waals surface area contributed by atoms with Crippen LogP contribution in [0.5, 0.6) is 5.75 Å². The van der Waals surface area contributed by atoms with E-state index in [0.717, 1.165) is 24.4 Å². The number of amides is 1. The highest BCUT2D eigenvalue weighted by molar-refractivity contribution is 5.80. The van der Waals surface area contributed by atoms with Crippen molar-refractivity contribution in [3.63, 3.8) is 0 Å². The lowest BCUT2D eigenvalue weighted by atomic mass is 9.96. The van der Waals surface area contributed by atoms with E-state index < -0.39 is 0 Å². The minimum atomic E-state index is 0.0196. The van der Waals surface area contributed by atoms with Gasteiger partial charge in [-0.1, -0.05) is 19.1 Å². The Labute approximate surface area is 114 Å². The Kier molecular flexibility index (Phi) is 4.43. The van der Waals surface area contributed by atoms with Crippen LogP contribution in [0.25, 0.3) is 0 Å². The summed E-state index contributed by atoms with van der Waals surface area (Å²) in [6.45, 7) is 5.83. The number of methoxy groups -OCH3 is 1. The molecule has 1 aromatic rings. The highest BCUT2D eigenvalue weighted by Gasteiger charge is 2.30. The second-order valence-electron chi connectivity index (χ2n) is 5.25. The predicted molar refractivity (Wildman–Crippen MR) is 75.1 cm³/mol. The van der Waals surface area contributed by atoms with E-state index >= 15 is 0 Å². The van der Waals surface area contributed by atoms with Gasteiger partial charge in [-0.15, -0.1) is 0 Å². The van der Waals surface area contributed by atoms with Crippen LogP contribution in [0, 0.1) is 11.8 Å². The second kappa shape index (κ2) is 6.06. The molecule has 1 saturated heterocycles. The molecule has 0 aromatic heterocycles. The number of hydrogen-bond acceptors (Lipinski definition) is 3. The van der Waals surface area contributed by atoms with E-state index in [1.54, 1.807) is 7.11 Å². The smallest absolute Gasteiger partial charge is 0.225 e. The van der Waals surface area contributed by atoms with E-state index in [1.807, 2.05) is 31.2 Å². The molecule has 1 aromatic carbocycles. The molecule has 0 saturated carbocycles. The molecular formula is C15H22N2O2. The van der Waals surface area contributed by atoms with Crippen molar-refractivity contribution < 1.29 is 9.53 Å². The summed E-state index contributed by atoms with van der Waals surface area (Å²) in [4.78, 5) is 12.2. The summed E-state index contributed by atoms with van der Waals surface area (Å²) in [5.74, 6) is 1.46. The Morgan fingerprint density at radius 3 is 2.58 bits per heavy atom. The average molecular weight is 262 g/mol. The van der Waals surface area contributed by atoms with Crippen LogP contribution in [0.2, 0.25) is 0 Å². The quantitative estimate of drug-likeness (QED) is 0.869. The third-order valence-corrected chi connectivity index (χ3v) is 3.83. The molecule has 0 aliphatic carbocycles. The number of carbonyl (C=O) groups is 1. The van der Waals surface area contributed by atoms with Crippen molar-refractivity contribution in [2.75, 3.05) is 20.2 Å². The number of ether oxygens (including phenoxy) is 1. The van der Waals surface area contributed by atoms with Gasteiger partial charge in [-0.05, 0) is 37.1 Å². The van der Waals surface area contributed by atoms with Gasteiger partial charge in [-0.3, -0.25) is 4.79 Å². The zero-order chi connectivity index (χ0) is 13.8. The third-order valence-electron chi connectivity index (χ3n) is 3.83. The number of rotatable bonds is 4. The predicted octanol–water partition coefficient (Wildman–Crippen LogP) is 1.73. The molecule has 104 valence electrons. The van der Waals surface area contributed by atoms with Crippen LogP contribution < -0.4 is 15.4 Å². The van der Waals surface area contributed by atoms with Crippen molar-refractivity contribution in [3.8, 4) is 5.75 Å². The first-order valence-electron chi connectivity index (χ1n) is 6.77. The largest absolute Gasteiger partial charge is 0.497 e. The molecule has 0 spiro atoms. The van der Waals surface area contributed by atoms with Crippen molar-refractivity contribution in [1.82, 2.24) is 10.6 Å². The van der Waals surface area contributed by atoms with Crippen LogP contribution in [-0.2, 0) is 4.79 Å². The van der Waals surface area contributed by atoms with Gasteiger partial charge in [0.15, 0.2) is 0 Å². The molecule has 1 aliphatic heterocycles. The second-order valence-corrected chi connectivity index (χ2v) is 5.25. The molecule has 19 heavy (non-hydrogen) atoms. The summed E-state index contributed by atoms with van der Waals surface area (Å²) in [6.07, 6.45) is 0. The number of carbonyl (C=O) groups excluding carboxylic acids is 1. The van der Waals surface area contributed by atoms with E-state index in [-0.39, 0.29) is 17.9 Å². The van der Waals surface area contributed by atoms with Crippen LogP contribution in [0.3, 0.4) is 0 Å². The van der Waals surface area contributed by atoms with Crippen molar-refractivity contribution in [1.29, 1.82) is 0 Å². The Balaban J connectivity index is 1.95. The van der Waals surface area contributed by atoms with E-state index in [2.05, 4.69) is 17.6 Å². The first-order valence-corrected chi connectivity index (χ1v) is 6.77. The highest BCUT2D eigenvalue weighted by atomic mass is 16.5. The Bertz CT molecular complexity index is 430. The fourth-order valence-electron chi connectivity index (χ4n) is 2.46. The average Bonchev–Trinajstić information content (AvgIpc) is 2.85. The van der Waals surface area contributed by atoms with Gasteiger partial charge in [-0.25, -0.2) is 0 Å². The third kappa shape index (κ3) is 3.26. The molecule has 2 N–H and O–H groups in total. The maximum absolute atomic E-state index is 12.2. The van der Waals surface area contributed by atoms with Gasteiger partial charge in [0.2, 0.25) is 5.91 Å². The zero-order valence-corrected chi connectivity index (χ0v) is 11.8. The van der Waals surface area contributed by atoms with Crippen molar-refractivity contribution in [2.24, 2.45) is 11.8 Å². The highest BCUT2D eigenvalue weighted by Crippen LogP contribution is 2.20. The van der Waals surface area contributed by atoms with E-state index in [4.69, 9.17) is 4.74 Å². The van der Waals surface area contributed by atoms with E-state index in [1.165, 1.54) is 0 Å². The van der Waals surface area contributed by atoms with Crippen LogP contribution in [0.4, 0.5) is 0 Å². The molecule has 0 radical (unpaired) electrons. The fraction of sp³-hybridized carbons (Fsp3) is 0.533. The van der Waals surface area contributed by atoms with Crippen molar-refractivity contribution in [2.45, 2.75) is 19.9 Å². The van der Waals surface area contributed by atoms with Gasteiger partial charge < -0.3 is 15.4 Å². The normalized spacial score (nSPS) is 23.9. The van der Waals surface area contributed by atoms with Gasteiger partial charge in [0.05, 0.1) is 19.1 Å². The number of hydrogen-bond donors (Lipinski definition) is 2. The lowest BCUT2D eigenvalue weighted by Gasteiger charge is -2.19. The van der Waals surface area contributed by atoms with Crippen LogP contribution >= 0.6 is 0 Å². The summed E-state index contributed by atoms with van der Waals surface area (Å²) in [6, 6.07) is 7.82. The molecule has 4 heteroatoms. The Hall–Kier alpha value is -1.55. The fourth-order valence-corrected chi connectivity index (χ4v) is 2.46. The topological polar surface area (TPSA) is 50.4 Å². The van der Waals surface area contributed by atoms with Gasteiger partial charge in [-0.2, -0.15) is 0 Å². The minimum absolute atomic E-state index is 0.0196. The van der Waals surface area contributed by atoms with E-state index in [9.17, 15) is 4.79 Å². The van der Waals surface area contributed by atoms with Gasteiger partial charge in [0.1, 0.15) is 5.75 Å². The molecule has 2 rings (SSSR count). The SMILES string of the molecule is COc1ccc([C@H](C)NC(=O)C2CNCC2C)cc1. The molecule has 1 fully saturated rings. The zero-order valence-electron chi connectivity index (χ0n) is 11.8. The van der Waals surface area contributed by atoms with Gasteiger partial charge >= 0.3 is 0 Å². The van der Waals surface area contributed by atoms with E-state index in [0.29, 0.717) is 5.92 Å². The summed E-state index contributed by atoms with van der Waals surface area (Å²) >= 11 is 0.